The van der Waals surface area contributed by atoms with E-state index < -0.39 is 0 Å². The van der Waals surface area contributed by atoms with E-state index in [-0.39, 0.29) is 11.9 Å². The van der Waals surface area contributed by atoms with Crippen LogP contribution in [0, 0.1) is 11.8 Å². The molecule has 0 radical (unpaired) electrons. The van der Waals surface area contributed by atoms with Gasteiger partial charge in [-0.15, -0.1) is 5.10 Å². The van der Waals surface area contributed by atoms with Crippen molar-refractivity contribution in [1.29, 1.82) is 0 Å². The van der Waals surface area contributed by atoms with Gasteiger partial charge in [-0.3, -0.25) is 9.89 Å². The third-order valence-electron chi connectivity index (χ3n) is 5.27. The van der Waals surface area contributed by atoms with Gasteiger partial charge in [-0.2, -0.15) is 0 Å². The first-order valence-corrected chi connectivity index (χ1v) is 10.5. The average molecular weight is 409 g/mol. The number of benzene rings is 1. The number of thioether (sulfide) groups is 1. The fraction of sp³-hybridized carbons (Fsp3) is 0.526. The Morgan fingerprint density at radius 3 is 3.00 bits per heavy atom. The number of aromatic amines is 1. The van der Waals surface area contributed by atoms with Crippen molar-refractivity contribution in [3.8, 4) is 17.1 Å². The lowest BCUT2D eigenvalue weighted by molar-refractivity contribution is -0.120. The molecule has 27 heavy (non-hydrogen) atoms. The van der Waals surface area contributed by atoms with Crippen molar-refractivity contribution in [2.75, 3.05) is 12.9 Å². The molecule has 0 unspecified atom stereocenters. The fourth-order valence-corrected chi connectivity index (χ4v) is 4.24. The highest BCUT2D eigenvalue weighted by Crippen LogP contribution is 2.31. The highest BCUT2D eigenvalue weighted by Gasteiger charge is 2.28. The molecule has 1 aromatic heterocycles. The Morgan fingerprint density at radius 2 is 2.22 bits per heavy atom. The molecule has 6 nitrogen and oxygen atoms in total. The van der Waals surface area contributed by atoms with E-state index in [0.29, 0.717) is 39.3 Å². The van der Waals surface area contributed by atoms with Crippen molar-refractivity contribution in [3.05, 3.63) is 23.2 Å². The van der Waals surface area contributed by atoms with Gasteiger partial charge in [0.1, 0.15) is 5.75 Å². The molecular weight excluding hydrogens is 384 g/mol. The average Bonchev–Trinajstić information content (AvgIpc) is 3.13. The van der Waals surface area contributed by atoms with E-state index in [4.69, 9.17) is 16.3 Å². The second-order valence-electron chi connectivity index (χ2n) is 7.04. The molecule has 1 saturated carbocycles. The molecule has 1 aromatic carbocycles. The lowest BCUT2D eigenvalue weighted by atomic mass is 9.78. The third-order valence-corrected chi connectivity index (χ3v) is 6.35. The van der Waals surface area contributed by atoms with Gasteiger partial charge in [0.05, 0.1) is 18.4 Å². The molecule has 8 heteroatoms. The van der Waals surface area contributed by atoms with E-state index >= 15 is 0 Å². The van der Waals surface area contributed by atoms with Gasteiger partial charge < -0.3 is 10.1 Å². The van der Waals surface area contributed by atoms with E-state index in [2.05, 4.69) is 34.3 Å². The normalized spacial score (nSPS) is 22.4. The Labute approximate surface area is 168 Å². The molecule has 1 aliphatic rings. The minimum absolute atomic E-state index is 0.0256. The maximum atomic E-state index is 12.3. The standard InChI is InChI=1S/C19H25ClN4O2S/c1-11-5-4-6-15(12(11)2)21-17(25)10-27-19-22-18(23-24-19)14-9-13(20)7-8-16(14)26-3/h7-9,11-12,15H,4-6,10H2,1-3H3,(H,21,25)(H,22,23,24)/t11-,12+,15+/m0/s1. The van der Waals surface area contributed by atoms with Crippen LogP contribution in [0.5, 0.6) is 5.75 Å². The number of nitrogens with one attached hydrogen (secondary N) is 2. The first-order chi connectivity index (χ1) is 13.0. The number of rotatable bonds is 6. The first kappa shape index (κ1) is 20.0. The summed E-state index contributed by atoms with van der Waals surface area (Å²) in [5.74, 6) is 2.70. The summed E-state index contributed by atoms with van der Waals surface area (Å²) in [6.07, 6.45) is 3.48. The molecule has 1 heterocycles. The number of nitrogens with zero attached hydrogens (tertiary/aromatic N) is 2. The summed E-state index contributed by atoms with van der Waals surface area (Å²) >= 11 is 7.38. The second-order valence-corrected chi connectivity index (χ2v) is 8.42. The minimum atomic E-state index is 0.0256. The summed E-state index contributed by atoms with van der Waals surface area (Å²) in [5, 5.41) is 11.4. The van der Waals surface area contributed by atoms with Crippen LogP contribution in [-0.4, -0.2) is 40.0 Å². The number of aromatic nitrogens is 3. The molecule has 2 aromatic rings. The summed E-state index contributed by atoms with van der Waals surface area (Å²) < 4.78 is 5.35. The Morgan fingerprint density at radius 1 is 1.41 bits per heavy atom. The smallest absolute Gasteiger partial charge is 0.230 e. The Balaban J connectivity index is 1.58. The lowest BCUT2D eigenvalue weighted by Gasteiger charge is -2.34. The lowest BCUT2D eigenvalue weighted by Crippen LogP contribution is -2.44. The predicted molar refractivity (Wildman–Crippen MR) is 108 cm³/mol. The van der Waals surface area contributed by atoms with Crippen molar-refractivity contribution in [1.82, 2.24) is 20.5 Å². The Hall–Kier alpha value is -1.73. The number of ether oxygens (including phenoxy) is 1. The number of H-pyrrole nitrogens is 1. The zero-order valence-electron chi connectivity index (χ0n) is 15.8. The van der Waals surface area contributed by atoms with Crippen molar-refractivity contribution in [2.45, 2.75) is 44.3 Å². The third kappa shape index (κ3) is 4.96. The topological polar surface area (TPSA) is 79.9 Å². The van der Waals surface area contributed by atoms with E-state index in [1.165, 1.54) is 24.6 Å². The number of carbonyl (C=O) groups excluding carboxylic acids is 1. The molecular formula is C19H25ClN4O2S. The minimum Gasteiger partial charge on any atom is -0.496 e. The van der Waals surface area contributed by atoms with Gasteiger partial charge in [0, 0.05) is 11.1 Å². The van der Waals surface area contributed by atoms with Crippen LogP contribution >= 0.6 is 23.4 Å². The number of halogens is 1. The molecule has 3 atom stereocenters. The molecule has 146 valence electrons. The molecule has 0 bridgehead atoms. The molecule has 1 aliphatic carbocycles. The largest absolute Gasteiger partial charge is 0.496 e. The number of hydrogen-bond donors (Lipinski definition) is 2. The van der Waals surface area contributed by atoms with Gasteiger partial charge in [-0.05, 0) is 36.5 Å². The molecule has 3 rings (SSSR count). The molecule has 0 aliphatic heterocycles. The van der Waals surface area contributed by atoms with Crippen LogP contribution in [0.3, 0.4) is 0 Å². The first-order valence-electron chi connectivity index (χ1n) is 9.16. The van der Waals surface area contributed by atoms with Gasteiger partial charge in [-0.25, -0.2) is 4.98 Å². The Bertz CT molecular complexity index is 798. The van der Waals surface area contributed by atoms with Gasteiger partial charge in [0.25, 0.3) is 0 Å². The highest BCUT2D eigenvalue weighted by atomic mass is 35.5. The number of methoxy groups -OCH3 is 1. The van der Waals surface area contributed by atoms with Gasteiger partial charge >= 0.3 is 0 Å². The SMILES string of the molecule is COc1ccc(Cl)cc1-c1nc(SCC(=O)N[C@@H]2CCC[C@H](C)[C@H]2C)n[nH]1. The molecule has 0 saturated heterocycles. The molecule has 1 amide bonds. The van der Waals surface area contributed by atoms with Crippen molar-refractivity contribution < 1.29 is 9.53 Å². The van der Waals surface area contributed by atoms with Crippen molar-refractivity contribution in [2.24, 2.45) is 11.8 Å². The monoisotopic (exact) mass is 408 g/mol. The zero-order valence-corrected chi connectivity index (χ0v) is 17.4. The summed E-state index contributed by atoms with van der Waals surface area (Å²) in [7, 11) is 1.59. The summed E-state index contributed by atoms with van der Waals surface area (Å²) in [6, 6.07) is 5.58. The van der Waals surface area contributed by atoms with Crippen LogP contribution in [0.4, 0.5) is 0 Å². The van der Waals surface area contributed by atoms with Crippen LogP contribution in [-0.2, 0) is 4.79 Å². The van der Waals surface area contributed by atoms with Crippen molar-refractivity contribution in [3.63, 3.8) is 0 Å². The second kappa shape index (κ2) is 8.97. The molecule has 1 fully saturated rings. The molecule has 2 N–H and O–H groups in total. The van der Waals surface area contributed by atoms with Gasteiger partial charge in [0.2, 0.25) is 11.1 Å². The Kier molecular flexibility index (Phi) is 6.65. The number of amides is 1. The van der Waals surface area contributed by atoms with Crippen LogP contribution in [0.25, 0.3) is 11.4 Å². The van der Waals surface area contributed by atoms with Gasteiger partial charge in [0.15, 0.2) is 5.82 Å². The van der Waals surface area contributed by atoms with E-state index in [0.717, 1.165) is 12.0 Å². The predicted octanol–water partition coefficient (Wildman–Crippen LogP) is 4.17. The van der Waals surface area contributed by atoms with Crippen LogP contribution < -0.4 is 10.1 Å². The zero-order chi connectivity index (χ0) is 19.4. The number of hydrogen-bond acceptors (Lipinski definition) is 5. The van der Waals surface area contributed by atoms with Crippen LogP contribution in [0.1, 0.15) is 33.1 Å². The van der Waals surface area contributed by atoms with E-state index in [1.54, 1.807) is 25.3 Å². The van der Waals surface area contributed by atoms with Crippen molar-refractivity contribution >= 4 is 29.3 Å². The van der Waals surface area contributed by atoms with Crippen LogP contribution in [0.15, 0.2) is 23.4 Å². The summed E-state index contributed by atoms with van der Waals surface area (Å²) in [4.78, 5) is 16.8. The quantitative estimate of drug-likeness (QED) is 0.701. The highest BCUT2D eigenvalue weighted by molar-refractivity contribution is 7.99. The fourth-order valence-electron chi connectivity index (χ4n) is 3.46. The van der Waals surface area contributed by atoms with E-state index in [9.17, 15) is 4.79 Å². The van der Waals surface area contributed by atoms with E-state index in [1.807, 2.05) is 0 Å². The van der Waals surface area contributed by atoms with Gasteiger partial charge in [-0.1, -0.05) is 50.1 Å². The summed E-state index contributed by atoms with van der Waals surface area (Å²) in [6.45, 7) is 4.48. The maximum Gasteiger partial charge on any atom is 0.230 e. The molecule has 0 spiro atoms. The maximum absolute atomic E-state index is 12.3. The summed E-state index contributed by atoms with van der Waals surface area (Å²) in [5.41, 5.74) is 0.735. The number of carbonyl (C=O) groups is 1. The van der Waals surface area contributed by atoms with Crippen LogP contribution in [0.2, 0.25) is 5.02 Å².